The number of hydrogen-bond acceptors (Lipinski definition) is 2. The Bertz CT molecular complexity index is 2890. The van der Waals surface area contributed by atoms with E-state index in [0.717, 1.165) is 29.0 Å². The van der Waals surface area contributed by atoms with Crippen molar-refractivity contribution in [2.75, 3.05) is 18.3 Å². The molecule has 0 saturated carbocycles. The van der Waals surface area contributed by atoms with E-state index in [1.165, 1.54) is 19.6 Å². The van der Waals surface area contributed by atoms with E-state index in [0.29, 0.717) is 5.75 Å². The summed E-state index contributed by atoms with van der Waals surface area (Å²) in [5.74, 6) is 0.989. The molecule has 0 spiro atoms. The first kappa shape index (κ1) is 98.9. The van der Waals surface area contributed by atoms with Gasteiger partial charge in [-0.15, -0.1) is 0 Å². The van der Waals surface area contributed by atoms with Crippen LogP contribution in [-0.2, 0) is 37.3 Å². The summed E-state index contributed by atoms with van der Waals surface area (Å²) in [6, 6.07) is 52.2. The van der Waals surface area contributed by atoms with Gasteiger partial charge in [-0.1, -0.05) is 129 Å². The molecule has 0 aliphatic carbocycles. The Morgan fingerprint density at radius 1 is 0.395 bits per heavy atom. The quantitative estimate of drug-likeness (QED) is 0.0778. The zero-order valence-electron chi connectivity index (χ0n) is 42.6. The Balaban J connectivity index is 0. The SMILES string of the molecule is Br[S+](c1ccccc1)c1ccccc1.Brc1ccc([S+](Br)c2ccc(Br)cc2Br)c(Br)c1.C[S+](Br)C(C)(C)C(=O)c1ccccc1.C[S+](Br)CC(=O)c1ccccc1.[Cl][Sb-]([Cl])([Cl])([Cl])([Cl])[Br].[Cl][Sb-]([Cl])([Cl])([Cl])([Cl])[Br].[Cl][Sb-]([Cl])([Cl])([Cl])([Cl])[Br].[Cl][Sb-]([Cl])([Cl])([Cl])([Cl])[Br]. The van der Waals surface area contributed by atoms with Crippen LogP contribution in [0.4, 0.5) is 0 Å². The first-order valence-corrected chi connectivity index (χ1v) is 125. The van der Waals surface area contributed by atoms with E-state index in [-0.39, 0.29) is 53.6 Å². The van der Waals surface area contributed by atoms with Crippen molar-refractivity contribution in [3.8, 4) is 0 Å². The molecule has 42 heteroatoms. The van der Waals surface area contributed by atoms with Crippen LogP contribution in [0.25, 0.3) is 0 Å². The zero-order chi connectivity index (χ0) is 68.5. The minimum absolute atomic E-state index is 0.0157. The van der Waals surface area contributed by atoms with E-state index in [4.69, 9.17) is 177 Å². The molecule has 0 amide bonds. The Labute approximate surface area is 667 Å². The summed E-state index contributed by atoms with van der Waals surface area (Å²) in [5, 5.41) is 0. The van der Waals surface area contributed by atoms with E-state index < -0.39 is 32.1 Å². The summed E-state index contributed by atoms with van der Waals surface area (Å²) in [7, 11) is 83.8. The summed E-state index contributed by atoms with van der Waals surface area (Å²) in [6.07, 6.45) is 4.03. The van der Waals surface area contributed by atoms with Crippen LogP contribution in [-0.4, -0.2) is 66.7 Å². The molecule has 0 aliphatic heterocycles. The molecule has 0 heterocycles. The maximum atomic E-state index is 12.1. The number of rotatable bonds is 10. The van der Waals surface area contributed by atoms with Gasteiger partial charge in [0.25, 0.3) is 0 Å². The fourth-order valence-electron chi connectivity index (χ4n) is 4.53. The molecular weight excluding hydrogens is 2840 g/mol. The van der Waals surface area contributed by atoms with Gasteiger partial charge in [-0.25, -0.2) is 0 Å². The average molecular weight is 2880 g/mol. The van der Waals surface area contributed by atoms with Crippen molar-refractivity contribution in [1.82, 2.24) is 0 Å². The van der Waals surface area contributed by atoms with Crippen molar-refractivity contribution in [3.63, 3.8) is 0 Å². The van der Waals surface area contributed by atoms with E-state index in [2.05, 4.69) is 246 Å². The second-order valence-electron chi connectivity index (χ2n) is 16.2. The molecular formula is C44H40Br12Cl20O2S4Sb4. The van der Waals surface area contributed by atoms with Crippen molar-refractivity contribution in [2.45, 2.75) is 38.2 Å². The predicted molar refractivity (Wildman–Crippen MR) is 463 cm³/mol. The van der Waals surface area contributed by atoms with Gasteiger partial charge in [0.15, 0.2) is 30.1 Å². The van der Waals surface area contributed by atoms with Gasteiger partial charge in [0.05, 0.1) is 27.6 Å². The van der Waals surface area contributed by atoms with Crippen LogP contribution >= 0.6 is 350 Å². The number of carbonyl (C=O) groups is 2. The van der Waals surface area contributed by atoms with Crippen LogP contribution in [0.3, 0.4) is 0 Å². The Hall–Kier alpha value is 10.9. The summed E-state index contributed by atoms with van der Waals surface area (Å²) in [6.45, 7) is 3.94. The first-order chi connectivity index (χ1) is 37.3. The maximum absolute atomic E-state index is 12.1. The molecule has 0 aromatic heterocycles. The molecule has 86 heavy (non-hydrogen) atoms. The molecule has 0 fully saturated rings. The van der Waals surface area contributed by atoms with Crippen LogP contribution < -0.4 is 0 Å². The third-order valence-corrected chi connectivity index (χ3v) is 23.2. The molecule has 0 bridgehead atoms. The number of ketones is 2. The molecule has 0 N–H and O–H groups in total. The topological polar surface area (TPSA) is 34.1 Å². The van der Waals surface area contributed by atoms with Gasteiger partial charge in [-0.2, -0.15) is 0 Å². The molecule has 2 unspecified atom stereocenters. The van der Waals surface area contributed by atoms with Gasteiger partial charge in [-0.05, 0) is 106 Å². The van der Waals surface area contributed by atoms with Crippen molar-refractivity contribution in [2.24, 2.45) is 0 Å². The monoisotopic (exact) mass is 2860 g/mol. The van der Waals surface area contributed by atoms with Gasteiger partial charge < -0.3 is 0 Å². The van der Waals surface area contributed by atoms with E-state index in [1.54, 1.807) is 0 Å². The first-order valence-electron chi connectivity index (χ1n) is 21.2. The third kappa shape index (κ3) is 70.6. The Morgan fingerprint density at radius 2 is 0.640 bits per heavy atom. The predicted octanol–water partition coefficient (Wildman–Crippen LogP) is 32.4. The zero-order valence-corrected chi connectivity index (χ0v) is 90.2. The van der Waals surface area contributed by atoms with Crippen molar-refractivity contribution >= 4 is 431 Å². The molecule has 0 radical (unpaired) electrons. The molecule has 6 aromatic rings. The van der Waals surface area contributed by atoms with Gasteiger partial charge in [-0.3, -0.25) is 9.59 Å². The average Bonchev–Trinajstić information content (AvgIpc) is 3.28. The number of benzene rings is 6. The van der Waals surface area contributed by atoms with Crippen LogP contribution in [0.15, 0.2) is 195 Å². The number of hydrogen-bond donors (Lipinski definition) is 0. The van der Waals surface area contributed by atoms with Crippen LogP contribution in [0, 0.1) is 0 Å². The number of Topliss-reactive ketones (excluding diaryl/α,β-unsaturated/α-hetero) is 2. The molecule has 6 rings (SSSR count). The minimum atomic E-state index is -5.08. The van der Waals surface area contributed by atoms with Crippen molar-refractivity contribution < 1.29 is 9.59 Å². The molecule has 0 saturated heterocycles. The third-order valence-electron chi connectivity index (χ3n) is 7.79. The van der Waals surface area contributed by atoms with Gasteiger partial charge >= 0.3 is 259 Å². The second kappa shape index (κ2) is 37.4. The van der Waals surface area contributed by atoms with Crippen LogP contribution in [0.5, 0.6) is 0 Å². The standard InChI is InChI=1S/C12H6Br5S.C12H10BrS.C11H14BrOS.C9H10BrOS.4BrH.20ClH.4Sb/c13-7-1-3-11(9(15)5-7)18(17)12-4-2-8(14)6-10(12)16;13-14(11-7-3-1-4-8-11)12-9-5-2-6-10-12;1-11(2,14(3)12)10(13)9-7-5-4-6-8-9;1-12(10)7-9(11)8-5-3-2-4-6-8;;;;;;;;;;;;;;;;;;;;;;;;;;;;/h1-6H;1-10H;4-8H,1-3H3;2-6H,7H2,1H3;24*1H;;;;/q4*+1;;;;;;;;;;;;;;;;;;;;;;;;;4*+5/p-24. The summed E-state index contributed by atoms with van der Waals surface area (Å²) < 4.78 is 3.98. The number of carbonyl (C=O) groups excluding carboxylic acids is 2. The summed E-state index contributed by atoms with van der Waals surface area (Å²) in [5.41, 5.74) is 1.59. The van der Waals surface area contributed by atoms with Crippen molar-refractivity contribution in [1.29, 1.82) is 0 Å². The van der Waals surface area contributed by atoms with Crippen LogP contribution in [0.1, 0.15) is 34.6 Å². The molecule has 6 aromatic carbocycles. The Kier molecular flexibility index (Phi) is 43.1. The molecule has 0 aliphatic rings. The van der Waals surface area contributed by atoms with Gasteiger partial charge in [0.2, 0.25) is 70.8 Å². The molecule has 496 valence electrons. The van der Waals surface area contributed by atoms with E-state index in [9.17, 15) is 9.59 Å². The van der Waals surface area contributed by atoms with Crippen molar-refractivity contribution in [3.05, 3.63) is 187 Å². The molecule has 2 nitrogen and oxygen atoms in total. The fraction of sp³-hybridized carbons (Fsp3) is 0.136. The second-order valence-corrected chi connectivity index (χ2v) is 320. The Morgan fingerprint density at radius 3 is 0.872 bits per heavy atom. The number of halogens is 32. The van der Waals surface area contributed by atoms with Gasteiger partial charge in [0.1, 0.15) is 31.2 Å². The molecule has 2 atom stereocenters. The van der Waals surface area contributed by atoms with Crippen LogP contribution in [0.2, 0.25) is 0 Å². The van der Waals surface area contributed by atoms with Gasteiger partial charge in [0, 0.05) is 20.1 Å². The summed E-state index contributed by atoms with van der Waals surface area (Å²) >= 11 is 39.0. The van der Waals surface area contributed by atoms with E-state index in [1.807, 2.05) is 111 Å². The summed E-state index contributed by atoms with van der Waals surface area (Å²) in [4.78, 5) is 28.6. The normalized spacial score (nSPS) is 15.5. The fourth-order valence-corrected chi connectivity index (χ4v) is 16.0. The van der Waals surface area contributed by atoms with E-state index >= 15 is 0 Å².